The topological polar surface area (TPSA) is 9.23 Å². The second-order valence-electron chi connectivity index (χ2n) is 3.64. The Labute approximate surface area is 94.0 Å². The zero-order valence-corrected chi connectivity index (χ0v) is 9.42. The van der Waals surface area contributed by atoms with Crippen molar-refractivity contribution in [3.63, 3.8) is 0 Å². The maximum absolute atomic E-state index is 5.98. The Morgan fingerprint density at radius 3 is 2.36 bits per heavy atom. The molecule has 0 aliphatic carbocycles. The monoisotopic (exact) mass is 230 g/mol. The molecule has 3 heteroatoms. The van der Waals surface area contributed by atoms with Crippen LogP contribution in [0.4, 0.5) is 0 Å². The highest BCUT2D eigenvalue weighted by atomic mass is 35.5. The molecule has 1 saturated heterocycles. The van der Waals surface area contributed by atoms with E-state index in [0.717, 1.165) is 12.0 Å². The van der Waals surface area contributed by atoms with Crippen molar-refractivity contribution in [2.24, 2.45) is 0 Å². The standard InChI is InChI=1S/C11H12Cl2O/c1-7-2-4-8(5-3-7)10-6-9(12)11(13)14-10/h2-5,9-11H,6H2,1H3/t9-,10+,11+/m0/s1. The summed E-state index contributed by atoms with van der Waals surface area (Å²) in [7, 11) is 0. The minimum absolute atomic E-state index is 0.0561. The molecule has 0 bridgehead atoms. The summed E-state index contributed by atoms with van der Waals surface area (Å²) < 4.78 is 5.53. The molecule has 0 aromatic heterocycles. The van der Waals surface area contributed by atoms with Crippen LogP contribution in [0.1, 0.15) is 23.7 Å². The van der Waals surface area contributed by atoms with Gasteiger partial charge in [0.2, 0.25) is 0 Å². The highest BCUT2D eigenvalue weighted by molar-refractivity contribution is 6.29. The normalized spacial score (nSPS) is 32.1. The van der Waals surface area contributed by atoms with Crippen LogP contribution in [0.25, 0.3) is 0 Å². The lowest BCUT2D eigenvalue weighted by Crippen LogP contribution is -2.05. The van der Waals surface area contributed by atoms with Crippen LogP contribution in [-0.4, -0.2) is 10.9 Å². The summed E-state index contributed by atoms with van der Waals surface area (Å²) in [5.41, 5.74) is 2.05. The number of alkyl halides is 2. The molecule has 76 valence electrons. The SMILES string of the molecule is Cc1ccc([C@H]2C[C@H](Cl)[C@H](Cl)O2)cc1. The van der Waals surface area contributed by atoms with Crippen LogP contribution in [0.5, 0.6) is 0 Å². The molecule has 0 saturated carbocycles. The summed E-state index contributed by atoms with van der Waals surface area (Å²) in [5.74, 6) is 0. The van der Waals surface area contributed by atoms with E-state index in [-0.39, 0.29) is 17.0 Å². The predicted molar refractivity (Wildman–Crippen MR) is 58.9 cm³/mol. The molecule has 1 heterocycles. The highest BCUT2D eigenvalue weighted by Crippen LogP contribution is 2.37. The van der Waals surface area contributed by atoms with E-state index in [9.17, 15) is 0 Å². The molecule has 1 nitrogen and oxygen atoms in total. The summed E-state index contributed by atoms with van der Waals surface area (Å²) in [5, 5.41) is -0.0806. The first-order chi connectivity index (χ1) is 6.66. The Balaban J connectivity index is 2.13. The van der Waals surface area contributed by atoms with E-state index in [0.29, 0.717) is 0 Å². The van der Waals surface area contributed by atoms with E-state index in [1.807, 2.05) is 0 Å². The van der Waals surface area contributed by atoms with Gasteiger partial charge in [0.1, 0.15) is 5.56 Å². The fourth-order valence-electron chi connectivity index (χ4n) is 1.60. The van der Waals surface area contributed by atoms with Gasteiger partial charge in [0.05, 0.1) is 11.5 Å². The van der Waals surface area contributed by atoms with Crippen LogP contribution in [0.2, 0.25) is 0 Å². The zero-order valence-electron chi connectivity index (χ0n) is 7.91. The average molecular weight is 231 g/mol. The number of ether oxygens (including phenoxy) is 1. The van der Waals surface area contributed by atoms with E-state index in [2.05, 4.69) is 31.2 Å². The molecule has 0 amide bonds. The van der Waals surface area contributed by atoms with Gasteiger partial charge >= 0.3 is 0 Å². The van der Waals surface area contributed by atoms with Crippen molar-refractivity contribution < 1.29 is 4.74 Å². The lowest BCUT2D eigenvalue weighted by molar-refractivity contribution is 0.0892. The molecule has 1 aliphatic rings. The quantitative estimate of drug-likeness (QED) is 0.670. The van der Waals surface area contributed by atoms with Gasteiger partial charge in [-0.3, -0.25) is 0 Å². The maximum Gasteiger partial charge on any atom is 0.148 e. The molecular weight excluding hydrogens is 219 g/mol. The van der Waals surface area contributed by atoms with E-state index >= 15 is 0 Å². The molecule has 0 spiro atoms. The van der Waals surface area contributed by atoms with Gasteiger partial charge < -0.3 is 4.74 Å². The van der Waals surface area contributed by atoms with Crippen LogP contribution in [0.15, 0.2) is 24.3 Å². The Kier molecular flexibility index (Phi) is 3.01. The Hall–Kier alpha value is -0.240. The first kappa shape index (κ1) is 10.3. The van der Waals surface area contributed by atoms with Gasteiger partial charge in [-0.2, -0.15) is 0 Å². The highest BCUT2D eigenvalue weighted by Gasteiger charge is 2.33. The molecule has 2 rings (SSSR count). The number of benzene rings is 1. The fraction of sp³-hybridized carbons (Fsp3) is 0.455. The van der Waals surface area contributed by atoms with E-state index < -0.39 is 0 Å². The number of halogens is 2. The molecular formula is C11H12Cl2O. The van der Waals surface area contributed by atoms with Gasteiger partial charge in [0.15, 0.2) is 0 Å². The number of hydrogen-bond donors (Lipinski definition) is 0. The predicted octanol–water partition coefficient (Wildman–Crippen LogP) is 3.63. The minimum Gasteiger partial charge on any atom is -0.353 e. The number of hydrogen-bond acceptors (Lipinski definition) is 1. The summed E-state index contributed by atoms with van der Waals surface area (Å²) in [4.78, 5) is 0. The molecule has 1 fully saturated rings. The van der Waals surface area contributed by atoms with Crippen molar-refractivity contribution in [3.05, 3.63) is 35.4 Å². The largest absolute Gasteiger partial charge is 0.353 e. The van der Waals surface area contributed by atoms with Crippen molar-refractivity contribution in [3.8, 4) is 0 Å². The Morgan fingerprint density at radius 1 is 1.21 bits per heavy atom. The number of aryl methyl sites for hydroxylation is 1. The van der Waals surface area contributed by atoms with Crippen molar-refractivity contribution in [1.82, 2.24) is 0 Å². The molecule has 0 unspecified atom stereocenters. The fourth-order valence-corrected chi connectivity index (χ4v) is 2.05. The Morgan fingerprint density at radius 2 is 1.86 bits per heavy atom. The van der Waals surface area contributed by atoms with Gasteiger partial charge in [-0.15, -0.1) is 11.6 Å². The maximum atomic E-state index is 5.98. The summed E-state index contributed by atoms with van der Waals surface area (Å²) in [6.45, 7) is 2.06. The lowest BCUT2D eigenvalue weighted by atomic mass is 10.1. The molecule has 0 N–H and O–H groups in total. The molecule has 0 radical (unpaired) electrons. The van der Waals surface area contributed by atoms with Crippen LogP contribution >= 0.6 is 23.2 Å². The van der Waals surface area contributed by atoms with Gasteiger partial charge in [-0.25, -0.2) is 0 Å². The Bertz CT molecular complexity index is 300. The molecule has 1 aromatic rings. The minimum atomic E-state index is -0.358. The second kappa shape index (κ2) is 4.09. The van der Waals surface area contributed by atoms with Crippen molar-refractivity contribution >= 4 is 23.2 Å². The second-order valence-corrected chi connectivity index (χ2v) is 4.63. The van der Waals surface area contributed by atoms with Gasteiger partial charge in [-0.05, 0) is 18.9 Å². The van der Waals surface area contributed by atoms with Crippen LogP contribution in [0, 0.1) is 6.92 Å². The molecule has 1 aromatic carbocycles. The number of rotatable bonds is 1. The zero-order chi connectivity index (χ0) is 10.1. The summed E-state index contributed by atoms with van der Waals surface area (Å²) in [6.07, 6.45) is 0.847. The van der Waals surface area contributed by atoms with E-state index in [1.165, 1.54) is 5.56 Å². The van der Waals surface area contributed by atoms with Gasteiger partial charge in [-0.1, -0.05) is 41.4 Å². The van der Waals surface area contributed by atoms with E-state index in [1.54, 1.807) is 0 Å². The van der Waals surface area contributed by atoms with Crippen molar-refractivity contribution in [2.45, 2.75) is 30.4 Å². The molecule has 14 heavy (non-hydrogen) atoms. The third kappa shape index (κ3) is 2.05. The van der Waals surface area contributed by atoms with Gasteiger partial charge in [0.25, 0.3) is 0 Å². The molecule has 3 atom stereocenters. The molecule has 1 aliphatic heterocycles. The summed E-state index contributed by atoms with van der Waals surface area (Å²) in [6, 6.07) is 8.28. The smallest absolute Gasteiger partial charge is 0.148 e. The van der Waals surface area contributed by atoms with Crippen molar-refractivity contribution in [1.29, 1.82) is 0 Å². The van der Waals surface area contributed by atoms with Crippen LogP contribution in [-0.2, 0) is 4.74 Å². The first-order valence-electron chi connectivity index (χ1n) is 4.67. The van der Waals surface area contributed by atoms with Crippen LogP contribution in [0.3, 0.4) is 0 Å². The van der Waals surface area contributed by atoms with Crippen LogP contribution < -0.4 is 0 Å². The van der Waals surface area contributed by atoms with E-state index in [4.69, 9.17) is 27.9 Å². The van der Waals surface area contributed by atoms with Gasteiger partial charge in [0, 0.05) is 0 Å². The van der Waals surface area contributed by atoms with Crippen molar-refractivity contribution in [2.75, 3.05) is 0 Å². The third-order valence-electron chi connectivity index (χ3n) is 2.47. The third-order valence-corrected chi connectivity index (χ3v) is 3.41. The first-order valence-corrected chi connectivity index (χ1v) is 5.54. The summed E-state index contributed by atoms with van der Waals surface area (Å²) >= 11 is 11.9. The lowest BCUT2D eigenvalue weighted by Gasteiger charge is -2.10. The average Bonchev–Trinajstić information content (AvgIpc) is 2.48.